The minimum atomic E-state index is -0.331. The van der Waals surface area contributed by atoms with E-state index in [0.717, 1.165) is 11.3 Å². The molecule has 0 fully saturated rings. The van der Waals surface area contributed by atoms with Crippen molar-refractivity contribution in [3.63, 3.8) is 0 Å². The highest BCUT2D eigenvalue weighted by molar-refractivity contribution is 5.90. The van der Waals surface area contributed by atoms with E-state index in [0.29, 0.717) is 12.1 Å². The van der Waals surface area contributed by atoms with Gasteiger partial charge < -0.3 is 4.74 Å². The summed E-state index contributed by atoms with van der Waals surface area (Å²) in [5.74, 6) is -0.144. The largest absolute Gasteiger partial charge is 0.465 e. The van der Waals surface area contributed by atoms with Crippen LogP contribution in [0.1, 0.15) is 41.4 Å². The fourth-order valence-corrected chi connectivity index (χ4v) is 1.98. The number of carbonyl (C=O) groups excluding carboxylic acids is 1. The highest BCUT2D eigenvalue weighted by Crippen LogP contribution is 2.19. The van der Waals surface area contributed by atoms with Gasteiger partial charge in [-0.25, -0.2) is 4.79 Å². The molecule has 0 unspecified atom stereocenters. The van der Waals surface area contributed by atoms with Crippen LogP contribution in [0.5, 0.6) is 0 Å². The van der Waals surface area contributed by atoms with Crippen LogP contribution >= 0.6 is 0 Å². The Morgan fingerprint density at radius 1 is 1.32 bits per heavy atom. The van der Waals surface area contributed by atoms with Crippen molar-refractivity contribution in [3.05, 3.63) is 53.3 Å². The Balaban J connectivity index is 2.30. The molecule has 0 N–H and O–H groups in total. The third kappa shape index (κ3) is 3.02. The van der Waals surface area contributed by atoms with Gasteiger partial charge in [0.25, 0.3) is 0 Å². The Hall–Kier alpha value is -2.10. The molecule has 0 bridgehead atoms. The topological polar surface area (TPSA) is 44.1 Å². The predicted octanol–water partition coefficient (Wildman–Crippen LogP) is 2.84. The summed E-state index contributed by atoms with van der Waals surface area (Å²) in [6, 6.07) is 10.0. The minimum absolute atomic E-state index is 0.186. The van der Waals surface area contributed by atoms with Crippen molar-refractivity contribution in [2.24, 2.45) is 0 Å². The van der Waals surface area contributed by atoms with Crippen LogP contribution in [0.15, 0.2) is 36.5 Å². The molecule has 4 nitrogen and oxygen atoms in total. The van der Waals surface area contributed by atoms with Crippen molar-refractivity contribution < 1.29 is 9.53 Å². The first-order chi connectivity index (χ1) is 9.11. The number of benzene rings is 1. The highest BCUT2D eigenvalue weighted by atomic mass is 16.5. The van der Waals surface area contributed by atoms with Gasteiger partial charge in [-0.15, -0.1) is 0 Å². The van der Waals surface area contributed by atoms with E-state index in [1.807, 2.05) is 44.2 Å². The standard InChI is InChI=1S/C15H18N2O2/c1-11(2)14-13(15(18)19-3)10-17(16-14)9-12-7-5-4-6-8-12/h4-8,10-11H,9H2,1-3H3. The Bertz CT molecular complexity index is 559. The molecule has 1 aromatic carbocycles. The molecule has 0 amide bonds. The van der Waals surface area contributed by atoms with Crippen molar-refractivity contribution >= 4 is 5.97 Å². The molecule has 2 aromatic rings. The molecule has 0 aliphatic rings. The van der Waals surface area contributed by atoms with Crippen LogP contribution < -0.4 is 0 Å². The number of methoxy groups -OCH3 is 1. The zero-order valence-corrected chi connectivity index (χ0v) is 11.5. The second kappa shape index (κ2) is 5.69. The normalized spacial score (nSPS) is 10.7. The van der Waals surface area contributed by atoms with E-state index in [1.54, 1.807) is 10.9 Å². The average molecular weight is 258 g/mol. The van der Waals surface area contributed by atoms with Gasteiger partial charge in [-0.1, -0.05) is 44.2 Å². The van der Waals surface area contributed by atoms with Crippen LogP contribution in [0.2, 0.25) is 0 Å². The Kier molecular flexibility index (Phi) is 4.00. The number of rotatable bonds is 4. The summed E-state index contributed by atoms with van der Waals surface area (Å²) >= 11 is 0. The van der Waals surface area contributed by atoms with Crippen LogP contribution in [0.4, 0.5) is 0 Å². The molecule has 0 radical (unpaired) electrons. The third-order valence-corrected chi connectivity index (χ3v) is 2.93. The van der Waals surface area contributed by atoms with Crippen molar-refractivity contribution in [1.29, 1.82) is 0 Å². The smallest absolute Gasteiger partial charge is 0.341 e. The van der Waals surface area contributed by atoms with Crippen molar-refractivity contribution in [1.82, 2.24) is 9.78 Å². The SMILES string of the molecule is COC(=O)c1cn(Cc2ccccc2)nc1C(C)C. The van der Waals surface area contributed by atoms with Gasteiger partial charge in [0.2, 0.25) is 0 Å². The number of esters is 1. The monoisotopic (exact) mass is 258 g/mol. The molecule has 19 heavy (non-hydrogen) atoms. The zero-order chi connectivity index (χ0) is 13.8. The molecular formula is C15H18N2O2. The van der Waals surface area contributed by atoms with Gasteiger partial charge in [-0.2, -0.15) is 5.10 Å². The van der Waals surface area contributed by atoms with E-state index in [4.69, 9.17) is 4.74 Å². The van der Waals surface area contributed by atoms with Crippen LogP contribution in [0, 0.1) is 0 Å². The minimum Gasteiger partial charge on any atom is -0.465 e. The first kappa shape index (κ1) is 13.3. The Morgan fingerprint density at radius 2 is 2.00 bits per heavy atom. The van der Waals surface area contributed by atoms with Gasteiger partial charge in [-0.3, -0.25) is 4.68 Å². The van der Waals surface area contributed by atoms with E-state index < -0.39 is 0 Å². The Morgan fingerprint density at radius 3 is 2.58 bits per heavy atom. The summed E-state index contributed by atoms with van der Waals surface area (Å²) in [6.45, 7) is 4.68. The summed E-state index contributed by atoms with van der Waals surface area (Å²) in [4.78, 5) is 11.7. The maximum atomic E-state index is 11.7. The number of hydrogen-bond donors (Lipinski definition) is 0. The van der Waals surface area contributed by atoms with Crippen LogP contribution in [0.25, 0.3) is 0 Å². The summed E-state index contributed by atoms with van der Waals surface area (Å²) in [5.41, 5.74) is 2.48. The first-order valence-electron chi connectivity index (χ1n) is 6.31. The average Bonchev–Trinajstić information content (AvgIpc) is 2.83. The number of hydrogen-bond acceptors (Lipinski definition) is 3. The number of nitrogens with zero attached hydrogens (tertiary/aromatic N) is 2. The molecule has 0 atom stereocenters. The summed E-state index contributed by atoms with van der Waals surface area (Å²) < 4.78 is 6.59. The summed E-state index contributed by atoms with van der Waals surface area (Å²) in [5, 5.41) is 4.49. The summed E-state index contributed by atoms with van der Waals surface area (Å²) in [7, 11) is 1.39. The third-order valence-electron chi connectivity index (χ3n) is 2.93. The maximum Gasteiger partial charge on any atom is 0.341 e. The fourth-order valence-electron chi connectivity index (χ4n) is 1.98. The van der Waals surface area contributed by atoms with Gasteiger partial charge in [0.15, 0.2) is 0 Å². The first-order valence-corrected chi connectivity index (χ1v) is 6.31. The molecule has 0 aliphatic heterocycles. The molecular weight excluding hydrogens is 240 g/mol. The summed E-state index contributed by atoms with van der Waals surface area (Å²) in [6.07, 6.45) is 1.76. The lowest BCUT2D eigenvalue weighted by Gasteiger charge is -2.03. The lowest BCUT2D eigenvalue weighted by Crippen LogP contribution is -2.04. The second-order valence-corrected chi connectivity index (χ2v) is 4.76. The highest BCUT2D eigenvalue weighted by Gasteiger charge is 2.19. The number of aromatic nitrogens is 2. The van der Waals surface area contributed by atoms with E-state index in [1.165, 1.54) is 7.11 Å². The molecule has 100 valence electrons. The number of carbonyl (C=O) groups is 1. The van der Waals surface area contributed by atoms with Crippen molar-refractivity contribution in [2.75, 3.05) is 7.11 Å². The molecule has 1 aromatic heterocycles. The molecule has 0 saturated carbocycles. The van der Waals surface area contributed by atoms with Gasteiger partial charge >= 0.3 is 5.97 Å². The molecule has 0 saturated heterocycles. The molecule has 0 spiro atoms. The molecule has 0 aliphatic carbocycles. The van der Waals surface area contributed by atoms with Crippen LogP contribution in [0.3, 0.4) is 0 Å². The zero-order valence-electron chi connectivity index (χ0n) is 11.5. The lowest BCUT2D eigenvalue weighted by atomic mass is 10.1. The fraction of sp³-hybridized carbons (Fsp3) is 0.333. The number of ether oxygens (including phenoxy) is 1. The van der Waals surface area contributed by atoms with Crippen LogP contribution in [-0.2, 0) is 11.3 Å². The second-order valence-electron chi connectivity index (χ2n) is 4.76. The lowest BCUT2D eigenvalue weighted by molar-refractivity contribution is 0.0599. The van der Waals surface area contributed by atoms with E-state index in [-0.39, 0.29) is 11.9 Å². The quantitative estimate of drug-likeness (QED) is 0.792. The van der Waals surface area contributed by atoms with Crippen molar-refractivity contribution in [3.8, 4) is 0 Å². The molecule has 4 heteroatoms. The van der Waals surface area contributed by atoms with Gasteiger partial charge in [0.05, 0.1) is 19.3 Å². The predicted molar refractivity (Wildman–Crippen MR) is 73.2 cm³/mol. The van der Waals surface area contributed by atoms with E-state index >= 15 is 0 Å². The van der Waals surface area contributed by atoms with E-state index in [9.17, 15) is 4.79 Å². The van der Waals surface area contributed by atoms with Crippen molar-refractivity contribution in [2.45, 2.75) is 26.3 Å². The molecule has 2 rings (SSSR count). The van der Waals surface area contributed by atoms with Gasteiger partial charge in [0.1, 0.15) is 5.56 Å². The van der Waals surface area contributed by atoms with Gasteiger partial charge in [-0.05, 0) is 11.5 Å². The van der Waals surface area contributed by atoms with Crippen LogP contribution in [-0.4, -0.2) is 22.9 Å². The van der Waals surface area contributed by atoms with E-state index in [2.05, 4.69) is 5.10 Å². The van der Waals surface area contributed by atoms with Gasteiger partial charge in [0, 0.05) is 6.20 Å². The maximum absolute atomic E-state index is 11.7. The molecule has 1 heterocycles. The Labute approximate surface area is 113 Å².